The van der Waals surface area contributed by atoms with Crippen molar-refractivity contribution in [3.8, 4) is 0 Å². The Morgan fingerprint density at radius 2 is 2.29 bits per heavy atom. The van der Waals surface area contributed by atoms with Crippen LogP contribution in [0.5, 0.6) is 0 Å². The van der Waals surface area contributed by atoms with Gasteiger partial charge in [0.2, 0.25) is 0 Å². The van der Waals surface area contributed by atoms with Crippen molar-refractivity contribution in [2.45, 2.75) is 0 Å². The van der Waals surface area contributed by atoms with Crippen molar-refractivity contribution in [3.05, 3.63) is 24.3 Å². The fraction of sp³-hybridized carbons (Fsp3) is 0. The van der Waals surface area contributed by atoms with Crippen LogP contribution in [0, 0.1) is 0 Å². The zero-order chi connectivity index (χ0) is 5.70. The number of thiol groups is 1. The Kier molecular flexibility index (Phi) is 3.42. The second-order valence-corrected chi connectivity index (χ2v) is 1.53. The van der Waals surface area contributed by atoms with Crippen LogP contribution in [0.1, 0.15) is 0 Å². The third kappa shape index (κ3) is 5.50. The average molecular weight is 113 g/mol. The first kappa shape index (κ1) is 6.50. The highest BCUT2D eigenvalue weighted by atomic mass is 32.1. The molecule has 0 aliphatic carbocycles. The zero-order valence-corrected chi connectivity index (χ0v) is 4.86. The molecule has 0 aromatic heterocycles. The summed E-state index contributed by atoms with van der Waals surface area (Å²) in [6.45, 7) is 6.82. The smallest absolute Gasteiger partial charge is 0.0395 e. The molecule has 0 unspecified atom stereocenters. The van der Waals surface area contributed by atoms with Crippen LogP contribution < -0.4 is 0 Å². The van der Waals surface area contributed by atoms with E-state index in [0.717, 1.165) is 0 Å². The molecule has 0 rings (SSSR count). The maximum absolute atomic E-state index is 3.84. The Hall–Kier alpha value is -0.500. The molecular weight excluding hydrogens is 106 g/mol. The van der Waals surface area contributed by atoms with Gasteiger partial charge in [0.05, 0.1) is 0 Å². The minimum absolute atomic E-state index is 0.639. The minimum atomic E-state index is 0.639. The molecule has 0 atom stereocenters. The molecule has 0 bridgehead atoms. The molecule has 0 aromatic carbocycles. The summed E-state index contributed by atoms with van der Waals surface area (Å²) in [4.78, 5) is 4.27. The molecule has 0 aromatic rings. The molecular formula is C5H7NS. The summed E-state index contributed by atoms with van der Waals surface area (Å²) in [5, 5.41) is 0. The number of hydrogen-bond acceptors (Lipinski definition) is 2. The van der Waals surface area contributed by atoms with Gasteiger partial charge in [0.1, 0.15) is 0 Å². The fourth-order valence-electron chi connectivity index (χ4n) is 0.139. The predicted molar refractivity (Wildman–Crippen MR) is 36.8 cm³/mol. The van der Waals surface area contributed by atoms with E-state index < -0.39 is 0 Å². The van der Waals surface area contributed by atoms with Gasteiger partial charge in [-0.25, -0.2) is 0 Å². The summed E-state index contributed by atoms with van der Waals surface area (Å²) in [5.41, 5.74) is 0. The maximum Gasteiger partial charge on any atom is 0.0395 e. The lowest BCUT2D eigenvalue weighted by molar-refractivity contribution is 1.63. The third-order valence-electron chi connectivity index (χ3n) is 0.329. The SMILES string of the molecule is C=CN=CC(=C)S. The molecule has 0 spiro atoms. The van der Waals surface area contributed by atoms with E-state index in [-0.39, 0.29) is 0 Å². The van der Waals surface area contributed by atoms with Gasteiger partial charge in [0.25, 0.3) is 0 Å². The number of nitrogens with zero attached hydrogens (tertiary/aromatic N) is 1. The first-order valence-electron chi connectivity index (χ1n) is 1.79. The fourth-order valence-corrected chi connectivity index (χ4v) is 0.205. The van der Waals surface area contributed by atoms with E-state index in [0.29, 0.717) is 4.91 Å². The largest absolute Gasteiger partial charge is 0.264 e. The van der Waals surface area contributed by atoms with Gasteiger partial charge in [-0.2, -0.15) is 0 Å². The first-order valence-corrected chi connectivity index (χ1v) is 2.24. The van der Waals surface area contributed by atoms with Crippen molar-refractivity contribution < 1.29 is 0 Å². The van der Waals surface area contributed by atoms with Gasteiger partial charge in [-0.1, -0.05) is 13.2 Å². The second-order valence-electron chi connectivity index (χ2n) is 0.952. The minimum Gasteiger partial charge on any atom is -0.264 e. The summed E-state index contributed by atoms with van der Waals surface area (Å²) in [5.74, 6) is 0. The Balaban J connectivity index is 3.46. The molecule has 0 radical (unpaired) electrons. The molecule has 0 saturated heterocycles. The van der Waals surface area contributed by atoms with Gasteiger partial charge in [-0.15, -0.1) is 12.6 Å². The van der Waals surface area contributed by atoms with Gasteiger partial charge in [-0.05, 0) is 0 Å². The van der Waals surface area contributed by atoms with Crippen molar-refractivity contribution in [1.29, 1.82) is 0 Å². The number of aliphatic imine (C=N–C) groups is 1. The Morgan fingerprint density at radius 1 is 1.71 bits per heavy atom. The van der Waals surface area contributed by atoms with E-state index in [1.165, 1.54) is 12.4 Å². The van der Waals surface area contributed by atoms with Gasteiger partial charge in [0.15, 0.2) is 0 Å². The summed E-state index contributed by atoms with van der Waals surface area (Å²) in [7, 11) is 0. The Bertz CT molecular complexity index is 105. The van der Waals surface area contributed by atoms with Crippen LogP contribution in [0.4, 0.5) is 0 Å². The zero-order valence-electron chi connectivity index (χ0n) is 3.96. The second kappa shape index (κ2) is 3.68. The monoisotopic (exact) mass is 113 g/mol. The summed E-state index contributed by atoms with van der Waals surface area (Å²) < 4.78 is 0. The van der Waals surface area contributed by atoms with Gasteiger partial charge < -0.3 is 0 Å². The van der Waals surface area contributed by atoms with E-state index in [4.69, 9.17) is 0 Å². The highest BCUT2D eigenvalue weighted by molar-refractivity contribution is 7.85. The van der Waals surface area contributed by atoms with Crippen LogP contribution in [-0.4, -0.2) is 6.21 Å². The average Bonchev–Trinajstić information content (AvgIpc) is 1.61. The Morgan fingerprint density at radius 3 is 2.43 bits per heavy atom. The summed E-state index contributed by atoms with van der Waals surface area (Å²) in [6, 6.07) is 0. The van der Waals surface area contributed by atoms with E-state index in [9.17, 15) is 0 Å². The van der Waals surface area contributed by atoms with Crippen LogP contribution in [0.3, 0.4) is 0 Å². The molecule has 7 heavy (non-hydrogen) atoms. The molecule has 0 fully saturated rings. The van der Waals surface area contributed by atoms with Gasteiger partial charge in [-0.3, -0.25) is 4.99 Å². The van der Waals surface area contributed by atoms with E-state index >= 15 is 0 Å². The van der Waals surface area contributed by atoms with Crippen molar-refractivity contribution in [1.82, 2.24) is 0 Å². The van der Waals surface area contributed by atoms with Crippen molar-refractivity contribution in [2.75, 3.05) is 0 Å². The molecule has 0 amide bonds. The summed E-state index contributed by atoms with van der Waals surface area (Å²) >= 11 is 3.84. The first-order chi connectivity index (χ1) is 3.27. The Labute approximate surface area is 48.9 Å². The lowest BCUT2D eigenvalue weighted by atomic mass is 10.7. The molecule has 0 aliphatic heterocycles. The topological polar surface area (TPSA) is 12.4 Å². The molecule has 0 N–H and O–H groups in total. The lowest BCUT2D eigenvalue weighted by Gasteiger charge is -1.75. The molecule has 0 aliphatic rings. The summed E-state index contributed by atoms with van der Waals surface area (Å²) in [6.07, 6.45) is 2.96. The van der Waals surface area contributed by atoms with Gasteiger partial charge in [0, 0.05) is 17.3 Å². The lowest BCUT2D eigenvalue weighted by Crippen LogP contribution is -1.64. The molecule has 38 valence electrons. The number of hydrogen-bond donors (Lipinski definition) is 1. The van der Waals surface area contributed by atoms with Crippen molar-refractivity contribution in [3.63, 3.8) is 0 Å². The van der Waals surface area contributed by atoms with E-state index in [2.05, 4.69) is 30.8 Å². The van der Waals surface area contributed by atoms with Crippen LogP contribution in [0.15, 0.2) is 29.3 Å². The molecule has 0 saturated carbocycles. The van der Waals surface area contributed by atoms with Crippen molar-refractivity contribution >= 4 is 18.8 Å². The standard InChI is InChI=1S/C5H7NS/c1-3-6-4-5(2)7/h3-4,7H,1-2H2. The predicted octanol–water partition coefficient (Wildman–Crippen LogP) is 1.64. The van der Waals surface area contributed by atoms with E-state index in [1.807, 2.05) is 0 Å². The van der Waals surface area contributed by atoms with Crippen molar-refractivity contribution in [2.24, 2.45) is 4.99 Å². The highest BCUT2D eigenvalue weighted by Gasteiger charge is 1.67. The normalized spacial score (nSPS) is 9.29. The van der Waals surface area contributed by atoms with E-state index in [1.54, 1.807) is 0 Å². The van der Waals surface area contributed by atoms with Gasteiger partial charge >= 0.3 is 0 Å². The van der Waals surface area contributed by atoms with Crippen LogP contribution in [-0.2, 0) is 0 Å². The molecule has 1 nitrogen and oxygen atoms in total. The highest BCUT2D eigenvalue weighted by Crippen LogP contribution is 1.87. The van der Waals surface area contributed by atoms with Crippen LogP contribution >= 0.6 is 12.6 Å². The number of allylic oxidation sites excluding steroid dienone is 1. The third-order valence-corrected chi connectivity index (χ3v) is 0.444. The van der Waals surface area contributed by atoms with Crippen LogP contribution in [0.2, 0.25) is 0 Å². The van der Waals surface area contributed by atoms with Crippen LogP contribution in [0.25, 0.3) is 0 Å². The maximum atomic E-state index is 3.84. The molecule has 2 heteroatoms. The quantitative estimate of drug-likeness (QED) is 0.413. The molecule has 0 heterocycles. The number of rotatable bonds is 2.